The number of hydrogen-bond donors (Lipinski definition) is 2. The molecule has 0 aromatic heterocycles. The smallest absolute Gasteiger partial charge is 0.331 e. The van der Waals surface area contributed by atoms with Gasteiger partial charge in [0.1, 0.15) is 11.6 Å². The molecule has 0 saturated carbocycles. The molecule has 0 amide bonds. The minimum Gasteiger partial charge on any atom is -0.458 e. The van der Waals surface area contributed by atoms with Gasteiger partial charge in [-0.05, 0) is 56.7 Å². The average molecular weight is 467 g/mol. The number of nitrogens with one attached hydrogen (secondary N) is 2. The Hall–Kier alpha value is -2.79. The summed E-state index contributed by atoms with van der Waals surface area (Å²) in [5, 5.41) is 6.92. The second-order valence-electron chi connectivity index (χ2n) is 8.03. The Kier molecular flexibility index (Phi) is 7.16. The van der Waals surface area contributed by atoms with Crippen LogP contribution in [0.25, 0.3) is 0 Å². The van der Waals surface area contributed by atoms with Crippen LogP contribution in [0.15, 0.2) is 89.4 Å². The Morgan fingerprint density at radius 1 is 0.800 bits per heavy atom. The molecule has 30 heavy (non-hydrogen) atoms. The van der Waals surface area contributed by atoms with E-state index in [1.807, 2.05) is 106 Å². The van der Waals surface area contributed by atoms with Crippen LogP contribution in [0, 0.1) is 0 Å². The number of carbonyl (C=O) groups excluding carboxylic acids is 1. The summed E-state index contributed by atoms with van der Waals surface area (Å²) in [7, 11) is 0. The van der Waals surface area contributed by atoms with Gasteiger partial charge in [0.25, 0.3) is 0 Å². The molecule has 3 rings (SSSR count). The van der Waals surface area contributed by atoms with E-state index in [1.165, 1.54) is 0 Å². The lowest BCUT2D eigenvalue weighted by atomic mass is 9.97. The van der Waals surface area contributed by atoms with Gasteiger partial charge in [-0.25, -0.2) is 4.79 Å². The van der Waals surface area contributed by atoms with E-state index in [9.17, 15) is 4.79 Å². The number of halogens is 1. The molecule has 0 aliphatic heterocycles. The maximum atomic E-state index is 13.3. The maximum Gasteiger partial charge on any atom is 0.331 e. The molecule has 0 aliphatic carbocycles. The second-order valence-corrected chi connectivity index (χ2v) is 8.89. The topological polar surface area (TPSA) is 50.4 Å². The van der Waals surface area contributed by atoms with E-state index in [2.05, 4.69) is 26.6 Å². The largest absolute Gasteiger partial charge is 0.458 e. The van der Waals surface area contributed by atoms with Gasteiger partial charge in [-0.2, -0.15) is 0 Å². The molecule has 0 aliphatic rings. The van der Waals surface area contributed by atoms with Crippen molar-refractivity contribution in [3.8, 4) is 0 Å². The van der Waals surface area contributed by atoms with Gasteiger partial charge >= 0.3 is 5.97 Å². The zero-order valence-corrected chi connectivity index (χ0v) is 19.0. The van der Waals surface area contributed by atoms with Gasteiger partial charge < -0.3 is 15.4 Å². The second kappa shape index (κ2) is 9.81. The van der Waals surface area contributed by atoms with Crippen molar-refractivity contribution < 1.29 is 9.53 Å². The number of hydrogen-bond acceptors (Lipinski definition) is 4. The van der Waals surface area contributed by atoms with Gasteiger partial charge in [0, 0.05) is 15.8 Å². The molecule has 0 radical (unpaired) electrons. The molecule has 0 saturated heterocycles. The highest BCUT2D eigenvalue weighted by molar-refractivity contribution is 9.10. The van der Waals surface area contributed by atoms with E-state index < -0.39 is 11.6 Å². The predicted octanol–water partition coefficient (Wildman–Crippen LogP) is 6.42. The third-order valence-corrected chi connectivity index (χ3v) is 5.15. The fourth-order valence-electron chi connectivity index (χ4n) is 3.14. The number of rotatable bonds is 7. The monoisotopic (exact) mass is 466 g/mol. The van der Waals surface area contributed by atoms with Crippen LogP contribution >= 0.6 is 15.9 Å². The summed E-state index contributed by atoms with van der Waals surface area (Å²) in [6.07, 6.45) is 0. The van der Waals surface area contributed by atoms with Gasteiger partial charge in [-0.15, -0.1) is 0 Å². The molecule has 2 atom stereocenters. The normalized spacial score (nSPS) is 13.2. The van der Waals surface area contributed by atoms with Crippen LogP contribution in [0.4, 0.5) is 11.4 Å². The minimum atomic E-state index is -0.662. The van der Waals surface area contributed by atoms with Crippen LogP contribution in [0.5, 0.6) is 0 Å². The van der Waals surface area contributed by atoms with Gasteiger partial charge in [0.2, 0.25) is 0 Å². The predicted molar refractivity (Wildman–Crippen MR) is 127 cm³/mol. The summed E-state index contributed by atoms with van der Waals surface area (Å²) in [5.41, 5.74) is 2.13. The van der Waals surface area contributed by atoms with E-state index in [0.717, 1.165) is 21.4 Å². The van der Waals surface area contributed by atoms with Crippen LogP contribution in [0.1, 0.15) is 32.4 Å². The first-order valence-electron chi connectivity index (χ1n) is 9.94. The number of esters is 1. The van der Waals surface area contributed by atoms with Crippen LogP contribution in [-0.4, -0.2) is 17.6 Å². The number of anilines is 2. The van der Waals surface area contributed by atoms with Gasteiger partial charge in [-0.3, -0.25) is 0 Å². The standard InChI is InChI=1S/C25H27BrN2O2/c1-25(2,3)30-24(29)23(28-19-14-8-5-9-15-19)22(20-16-10-11-17-21(20)26)27-18-12-6-4-7-13-18/h4-17,22-23,27-28H,1-3H3/t22-,23-/m0/s1. The summed E-state index contributed by atoms with van der Waals surface area (Å²) >= 11 is 3.65. The summed E-state index contributed by atoms with van der Waals surface area (Å²) in [6, 6.07) is 26.4. The van der Waals surface area contributed by atoms with Crippen LogP contribution in [-0.2, 0) is 9.53 Å². The van der Waals surface area contributed by atoms with Crippen molar-refractivity contribution in [3.05, 3.63) is 95.0 Å². The Morgan fingerprint density at radius 3 is 1.83 bits per heavy atom. The molecular weight excluding hydrogens is 440 g/mol. The highest BCUT2D eigenvalue weighted by Crippen LogP contribution is 2.31. The summed E-state index contributed by atoms with van der Waals surface area (Å²) in [6.45, 7) is 5.63. The molecule has 0 unspecified atom stereocenters. The van der Waals surface area contributed by atoms with Crippen molar-refractivity contribution in [2.45, 2.75) is 38.5 Å². The molecular formula is C25H27BrN2O2. The summed E-state index contributed by atoms with van der Waals surface area (Å²) < 4.78 is 6.71. The molecule has 5 heteroatoms. The van der Waals surface area contributed by atoms with Crippen molar-refractivity contribution >= 4 is 33.3 Å². The Labute approximate surface area is 186 Å². The molecule has 4 nitrogen and oxygen atoms in total. The molecule has 0 spiro atoms. The highest BCUT2D eigenvalue weighted by Gasteiger charge is 2.34. The van der Waals surface area contributed by atoms with E-state index >= 15 is 0 Å². The summed E-state index contributed by atoms with van der Waals surface area (Å²) in [5.74, 6) is -0.324. The zero-order valence-electron chi connectivity index (χ0n) is 17.4. The van der Waals surface area contributed by atoms with Crippen LogP contribution in [0.2, 0.25) is 0 Å². The quantitative estimate of drug-likeness (QED) is 0.394. The zero-order chi connectivity index (χ0) is 21.6. The van der Waals surface area contributed by atoms with E-state index in [4.69, 9.17) is 4.74 Å². The molecule has 3 aromatic carbocycles. The Bertz CT molecular complexity index is 956. The van der Waals surface area contributed by atoms with Gasteiger partial charge in [0.05, 0.1) is 6.04 Å². The van der Waals surface area contributed by atoms with Crippen molar-refractivity contribution in [2.75, 3.05) is 10.6 Å². The lowest BCUT2D eigenvalue weighted by Gasteiger charge is -2.32. The summed E-state index contributed by atoms with van der Waals surface area (Å²) in [4.78, 5) is 13.3. The van der Waals surface area contributed by atoms with Crippen molar-refractivity contribution in [1.82, 2.24) is 0 Å². The Balaban J connectivity index is 2.04. The number of para-hydroxylation sites is 2. The molecule has 0 heterocycles. The van der Waals surface area contributed by atoms with E-state index in [-0.39, 0.29) is 12.0 Å². The molecule has 3 aromatic rings. The molecule has 156 valence electrons. The van der Waals surface area contributed by atoms with Crippen LogP contribution in [0.3, 0.4) is 0 Å². The molecule has 2 N–H and O–H groups in total. The van der Waals surface area contributed by atoms with Crippen LogP contribution < -0.4 is 10.6 Å². The van der Waals surface area contributed by atoms with E-state index in [1.54, 1.807) is 0 Å². The number of benzene rings is 3. The van der Waals surface area contributed by atoms with Crippen molar-refractivity contribution in [2.24, 2.45) is 0 Å². The van der Waals surface area contributed by atoms with Gasteiger partial charge in [-0.1, -0.05) is 70.5 Å². The highest BCUT2D eigenvalue weighted by atomic mass is 79.9. The fourth-order valence-corrected chi connectivity index (χ4v) is 3.67. The fraction of sp³-hybridized carbons (Fsp3) is 0.240. The lowest BCUT2D eigenvalue weighted by molar-refractivity contribution is -0.156. The molecule has 0 fully saturated rings. The van der Waals surface area contributed by atoms with Crippen molar-refractivity contribution in [3.63, 3.8) is 0 Å². The van der Waals surface area contributed by atoms with Crippen molar-refractivity contribution in [1.29, 1.82) is 0 Å². The third kappa shape index (κ3) is 6.10. The third-order valence-electron chi connectivity index (χ3n) is 4.43. The Morgan fingerprint density at radius 2 is 1.30 bits per heavy atom. The van der Waals surface area contributed by atoms with E-state index in [0.29, 0.717) is 0 Å². The molecule has 0 bridgehead atoms. The average Bonchev–Trinajstić information content (AvgIpc) is 2.71. The number of carbonyl (C=O) groups is 1. The lowest BCUT2D eigenvalue weighted by Crippen LogP contribution is -2.43. The first kappa shape index (κ1) is 21.9. The SMILES string of the molecule is CC(C)(C)OC(=O)[C@@H](Nc1ccccc1)[C@@H](Nc1ccccc1)c1ccccc1Br. The first-order valence-corrected chi connectivity index (χ1v) is 10.7. The maximum absolute atomic E-state index is 13.3. The minimum absolute atomic E-state index is 0.324. The number of ether oxygens (including phenoxy) is 1. The van der Waals surface area contributed by atoms with Gasteiger partial charge in [0.15, 0.2) is 0 Å². The first-order chi connectivity index (χ1) is 14.3.